The van der Waals surface area contributed by atoms with Gasteiger partial charge in [-0.15, -0.1) is 0 Å². The van der Waals surface area contributed by atoms with E-state index in [2.05, 4.69) is 38.2 Å². The van der Waals surface area contributed by atoms with Crippen LogP contribution in [0.4, 0.5) is 4.39 Å². The first-order chi connectivity index (χ1) is 9.60. The second-order valence-corrected chi connectivity index (χ2v) is 5.39. The normalized spacial score (nSPS) is 11.1. The van der Waals surface area contributed by atoms with Gasteiger partial charge in [0.25, 0.3) is 0 Å². The molecule has 20 heavy (non-hydrogen) atoms. The van der Waals surface area contributed by atoms with E-state index in [0.29, 0.717) is 6.04 Å². The average molecular weight is 271 g/mol. The Hall–Kier alpha value is -1.67. The molecule has 0 amide bonds. The van der Waals surface area contributed by atoms with Gasteiger partial charge in [-0.05, 0) is 40.8 Å². The van der Waals surface area contributed by atoms with E-state index in [-0.39, 0.29) is 5.82 Å². The van der Waals surface area contributed by atoms with E-state index in [4.69, 9.17) is 0 Å². The molecule has 1 nitrogen and oxygen atoms in total. The summed E-state index contributed by atoms with van der Waals surface area (Å²) in [6.07, 6.45) is 0.989. The largest absolute Gasteiger partial charge is 0.310 e. The molecule has 1 N–H and O–H groups in total. The van der Waals surface area contributed by atoms with E-state index in [1.165, 1.54) is 11.6 Å². The third-order valence-electron chi connectivity index (χ3n) is 3.42. The number of benzene rings is 2. The first kappa shape index (κ1) is 14.7. The van der Waals surface area contributed by atoms with Crippen LogP contribution in [-0.4, -0.2) is 6.04 Å². The molecule has 0 aliphatic rings. The highest BCUT2D eigenvalue weighted by Gasteiger charge is 2.08. The van der Waals surface area contributed by atoms with Gasteiger partial charge in [-0.2, -0.15) is 0 Å². The van der Waals surface area contributed by atoms with Gasteiger partial charge in [-0.25, -0.2) is 4.39 Å². The predicted molar refractivity (Wildman–Crippen MR) is 83.2 cm³/mol. The molecule has 2 aromatic carbocycles. The average Bonchev–Trinajstić information content (AvgIpc) is 2.46. The van der Waals surface area contributed by atoms with Crippen molar-refractivity contribution in [3.8, 4) is 11.1 Å². The molecule has 0 heterocycles. The van der Waals surface area contributed by atoms with Crippen LogP contribution in [0.25, 0.3) is 11.1 Å². The monoisotopic (exact) mass is 271 g/mol. The first-order valence-electron chi connectivity index (χ1n) is 7.21. The lowest BCUT2D eigenvalue weighted by Gasteiger charge is -2.14. The fourth-order valence-corrected chi connectivity index (χ4v) is 2.24. The molecule has 0 spiro atoms. The minimum atomic E-state index is -0.185. The maximum atomic E-state index is 13.6. The molecule has 2 aromatic rings. The van der Waals surface area contributed by atoms with Crippen LogP contribution in [0.1, 0.15) is 31.9 Å². The van der Waals surface area contributed by atoms with E-state index in [0.717, 1.165) is 29.7 Å². The molecular weight excluding hydrogens is 249 g/mol. The summed E-state index contributed by atoms with van der Waals surface area (Å²) < 4.78 is 13.6. The van der Waals surface area contributed by atoms with Crippen LogP contribution in [0, 0.1) is 5.82 Å². The summed E-state index contributed by atoms with van der Waals surface area (Å²) in [4.78, 5) is 0. The van der Waals surface area contributed by atoms with Crippen LogP contribution in [0.2, 0.25) is 0 Å². The summed E-state index contributed by atoms with van der Waals surface area (Å²) in [6, 6.07) is 13.8. The Kier molecular flexibility index (Phi) is 4.91. The number of hydrogen-bond acceptors (Lipinski definition) is 1. The Morgan fingerprint density at radius 3 is 2.60 bits per heavy atom. The van der Waals surface area contributed by atoms with Crippen LogP contribution in [0.3, 0.4) is 0 Å². The minimum Gasteiger partial charge on any atom is -0.310 e. The third-order valence-corrected chi connectivity index (χ3v) is 3.42. The van der Waals surface area contributed by atoms with Gasteiger partial charge in [0.1, 0.15) is 5.82 Å². The number of halogens is 1. The van der Waals surface area contributed by atoms with Crippen molar-refractivity contribution in [2.75, 3.05) is 0 Å². The Morgan fingerprint density at radius 2 is 1.90 bits per heavy atom. The topological polar surface area (TPSA) is 12.0 Å². The number of nitrogens with one attached hydrogen (secondary N) is 1. The molecule has 0 saturated carbocycles. The third kappa shape index (κ3) is 3.67. The SMILES string of the molecule is CCc1cccc(-c2cc(F)ccc2CNC(C)C)c1. The maximum absolute atomic E-state index is 13.6. The van der Waals surface area contributed by atoms with Crippen LogP contribution in [0.15, 0.2) is 42.5 Å². The molecule has 0 radical (unpaired) electrons. The summed E-state index contributed by atoms with van der Waals surface area (Å²) in [7, 11) is 0. The van der Waals surface area contributed by atoms with Gasteiger partial charge >= 0.3 is 0 Å². The van der Waals surface area contributed by atoms with Gasteiger partial charge in [0.2, 0.25) is 0 Å². The second-order valence-electron chi connectivity index (χ2n) is 5.39. The molecule has 0 aromatic heterocycles. The van der Waals surface area contributed by atoms with Crippen molar-refractivity contribution in [2.24, 2.45) is 0 Å². The highest BCUT2D eigenvalue weighted by molar-refractivity contribution is 5.68. The lowest BCUT2D eigenvalue weighted by Crippen LogP contribution is -2.22. The zero-order chi connectivity index (χ0) is 14.5. The summed E-state index contributed by atoms with van der Waals surface area (Å²) in [5, 5.41) is 3.40. The molecule has 0 unspecified atom stereocenters. The summed E-state index contributed by atoms with van der Waals surface area (Å²) >= 11 is 0. The molecular formula is C18H22FN. The van der Waals surface area contributed by atoms with Gasteiger partial charge in [0, 0.05) is 12.6 Å². The Labute approximate surface area is 120 Å². The quantitative estimate of drug-likeness (QED) is 0.841. The van der Waals surface area contributed by atoms with Crippen LogP contribution >= 0.6 is 0 Å². The molecule has 2 heteroatoms. The highest BCUT2D eigenvalue weighted by Crippen LogP contribution is 2.26. The van der Waals surface area contributed by atoms with Crippen LogP contribution in [0.5, 0.6) is 0 Å². The molecule has 0 fully saturated rings. The van der Waals surface area contributed by atoms with Crippen LogP contribution in [-0.2, 0) is 13.0 Å². The summed E-state index contributed by atoms with van der Waals surface area (Å²) in [5.74, 6) is -0.185. The van der Waals surface area contributed by atoms with Crippen LogP contribution < -0.4 is 5.32 Å². The van der Waals surface area contributed by atoms with E-state index in [1.807, 2.05) is 18.2 Å². The van der Waals surface area contributed by atoms with Crippen molar-refractivity contribution in [2.45, 2.75) is 39.8 Å². The zero-order valence-corrected chi connectivity index (χ0v) is 12.4. The summed E-state index contributed by atoms with van der Waals surface area (Å²) in [6.45, 7) is 7.11. The number of rotatable bonds is 5. The van der Waals surface area contributed by atoms with E-state index in [1.54, 1.807) is 6.07 Å². The molecule has 106 valence electrons. The Morgan fingerprint density at radius 1 is 1.10 bits per heavy atom. The van der Waals surface area contributed by atoms with Gasteiger partial charge in [-0.3, -0.25) is 0 Å². The van der Waals surface area contributed by atoms with E-state index < -0.39 is 0 Å². The zero-order valence-electron chi connectivity index (χ0n) is 12.4. The molecule has 0 aliphatic heterocycles. The van der Waals surface area contributed by atoms with Crippen molar-refractivity contribution in [1.82, 2.24) is 5.32 Å². The van der Waals surface area contributed by atoms with E-state index in [9.17, 15) is 4.39 Å². The van der Waals surface area contributed by atoms with Gasteiger partial charge in [0.05, 0.1) is 0 Å². The molecule has 0 saturated heterocycles. The Bertz CT molecular complexity index is 575. The highest BCUT2D eigenvalue weighted by atomic mass is 19.1. The fraction of sp³-hybridized carbons (Fsp3) is 0.333. The second kappa shape index (κ2) is 6.67. The van der Waals surface area contributed by atoms with Crippen molar-refractivity contribution in [3.05, 3.63) is 59.4 Å². The van der Waals surface area contributed by atoms with Crippen molar-refractivity contribution >= 4 is 0 Å². The maximum Gasteiger partial charge on any atom is 0.123 e. The lowest BCUT2D eigenvalue weighted by atomic mass is 9.97. The van der Waals surface area contributed by atoms with Crippen molar-refractivity contribution in [3.63, 3.8) is 0 Å². The summed E-state index contributed by atoms with van der Waals surface area (Å²) in [5.41, 5.74) is 4.47. The Balaban J connectivity index is 2.39. The van der Waals surface area contributed by atoms with Gasteiger partial charge in [-0.1, -0.05) is 51.1 Å². The van der Waals surface area contributed by atoms with Crippen molar-refractivity contribution in [1.29, 1.82) is 0 Å². The van der Waals surface area contributed by atoms with Gasteiger partial charge < -0.3 is 5.32 Å². The molecule has 2 rings (SSSR count). The number of hydrogen-bond donors (Lipinski definition) is 1. The lowest BCUT2D eigenvalue weighted by molar-refractivity contribution is 0.587. The molecule has 0 aliphatic carbocycles. The standard InChI is InChI=1S/C18H22FN/c1-4-14-6-5-7-15(10-14)18-11-17(19)9-8-16(18)12-20-13(2)3/h5-11,13,20H,4,12H2,1-3H3. The predicted octanol–water partition coefficient (Wildman–Crippen LogP) is 4.55. The first-order valence-corrected chi connectivity index (χ1v) is 7.21. The minimum absolute atomic E-state index is 0.185. The molecule has 0 bridgehead atoms. The van der Waals surface area contributed by atoms with Crippen molar-refractivity contribution < 1.29 is 4.39 Å². The van der Waals surface area contributed by atoms with Gasteiger partial charge in [0.15, 0.2) is 0 Å². The smallest absolute Gasteiger partial charge is 0.123 e. The fourth-order valence-electron chi connectivity index (χ4n) is 2.24. The molecule has 0 atom stereocenters. The number of aryl methyl sites for hydroxylation is 1. The van der Waals surface area contributed by atoms with E-state index >= 15 is 0 Å².